The first-order valence-electron chi connectivity index (χ1n) is 10.2. The van der Waals surface area contributed by atoms with Crippen LogP contribution in [-0.2, 0) is 15.0 Å². The number of carbonyl (C=O) groups excluding carboxylic acids is 2. The molecule has 27 heavy (non-hydrogen) atoms. The molecular weight excluding hydrogens is 360 g/mol. The summed E-state index contributed by atoms with van der Waals surface area (Å²) in [7, 11) is 0. The van der Waals surface area contributed by atoms with E-state index in [1.807, 2.05) is 6.92 Å². The van der Waals surface area contributed by atoms with Crippen molar-refractivity contribution in [2.75, 3.05) is 5.32 Å². The summed E-state index contributed by atoms with van der Waals surface area (Å²) in [5.74, 6) is 1.86. The Morgan fingerprint density at radius 3 is 2.56 bits per heavy atom. The molecule has 1 aromatic rings. The summed E-state index contributed by atoms with van der Waals surface area (Å²) in [5, 5.41) is 15.4. The lowest BCUT2D eigenvalue weighted by atomic mass is 9.86. The van der Waals surface area contributed by atoms with Crippen LogP contribution in [0.25, 0.3) is 0 Å². The Balaban J connectivity index is 1.54. The molecule has 0 aromatic carbocycles. The van der Waals surface area contributed by atoms with Crippen LogP contribution in [0.3, 0.4) is 0 Å². The van der Waals surface area contributed by atoms with Gasteiger partial charge in [-0.15, -0.1) is 10.2 Å². The van der Waals surface area contributed by atoms with E-state index in [9.17, 15) is 9.59 Å². The van der Waals surface area contributed by atoms with Crippen molar-refractivity contribution in [3.63, 3.8) is 0 Å². The maximum Gasteiger partial charge on any atom is 0.248 e. The van der Waals surface area contributed by atoms with Crippen molar-refractivity contribution in [2.24, 2.45) is 17.8 Å². The smallest absolute Gasteiger partial charge is 0.248 e. The van der Waals surface area contributed by atoms with Gasteiger partial charge in [-0.2, -0.15) is 0 Å². The summed E-state index contributed by atoms with van der Waals surface area (Å²) in [6.07, 6.45) is 7.10. The minimum Gasteiger partial charge on any atom is -0.344 e. The topological polar surface area (TPSA) is 84.0 Å². The number of rotatable bonds is 7. The minimum absolute atomic E-state index is 0.00814. The standard InChI is InChI=1S/C20H32N4O2S/c1-5-6-15(17(26)22-19-24-23-18(27-19)20(2,3)4)21-16(25)11-14-10-12-7-8-13(14)9-12/h12-15H,5-11H2,1-4H3,(H,21,25)(H,22,24,26). The maximum atomic E-state index is 12.7. The number of aromatic nitrogens is 2. The number of fused-ring (bicyclic) bond motifs is 2. The fourth-order valence-corrected chi connectivity index (χ4v) is 5.25. The number of anilines is 1. The Bertz CT molecular complexity index is 682. The van der Waals surface area contributed by atoms with Crippen molar-refractivity contribution in [3.8, 4) is 0 Å². The summed E-state index contributed by atoms with van der Waals surface area (Å²) in [4.78, 5) is 25.2. The molecule has 7 heteroatoms. The summed E-state index contributed by atoms with van der Waals surface area (Å²) < 4.78 is 0. The molecule has 150 valence electrons. The van der Waals surface area contributed by atoms with Crippen LogP contribution in [0.5, 0.6) is 0 Å². The molecule has 6 nitrogen and oxygen atoms in total. The molecule has 0 aliphatic heterocycles. The van der Waals surface area contributed by atoms with Gasteiger partial charge in [0.1, 0.15) is 11.0 Å². The lowest BCUT2D eigenvalue weighted by Crippen LogP contribution is -2.44. The SMILES string of the molecule is CCCC(NC(=O)CC1CC2CCC1C2)C(=O)Nc1nnc(C(C)(C)C)s1. The molecule has 4 atom stereocenters. The van der Waals surface area contributed by atoms with E-state index >= 15 is 0 Å². The molecule has 1 heterocycles. The van der Waals surface area contributed by atoms with Gasteiger partial charge in [0.2, 0.25) is 16.9 Å². The van der Waals surface area contributed by atoms with Gasteiger partial charge in [0.25, 0.3) is 0 Å². The summed E-state index contributed by atoms with van der Waals surface area (Å²) in [6, 6.07) is -0.511. The van der Waals surface area contributed by atoms with E-state index in [1.165, 1.54) is 37.0 Å². The predicted octanol–water partition coefficient (Wildman–Crippen LogP) is 3.89. The molecule has 3 rings (SSSR count). The zero-order chi connectivity index (χ0) is 19.6. The van der Waals surface area contributed by atoms with E-state index in [1.54, 1.807) is 0 Å². The van der Waals surface area contributed by atoms with Crippen LogP contribution in [0.4, 0.5) is 5.13 Å². The van der Waals surface area contributed by atoms with Gasteiger partial charge >= 0.3 is 0 Å². The van der Waals surface area contributed by atoms with Crippen LogP contribution in [0, 0.1) is 17.8 Å². The third kappa shape index (κ3) is 5.06. The normalized spacial score (nSPS) is 25.4. The third-order valence-corrected chi connectivity index (χ3v) is 7.12. The molecular formula is C20H32N4O2S. The average Bonchev–Trinajstić information content (AvgIpc) is 3.30. The summed E-state index contributed by atoms with van der Waals surface area (Å²) in [5.41, 5.74) is -0.0989. The van der Waals surface area contributed by atoms with Gasteiger partial charge in [-0.25, -0.2) is 0 Å². The number of hydrogen-bond acceptors (Lipinski definition) is 5. The van der Waals surface area contributed by atoms with Crippen molar-refractivity contribution in [2.45, 2.75) is 84.1 Å². The van der Waals surface area contributed by atoms with E-state index in [2.05, 4.69) is 41.6 Å². The van der Waals surface area contributed by atoms with E-state index in [4.69, 9.17) is 0 Å². The average molecular weight is 393 g/mol. The summed E-state index contributed by atoms with van der Waals surface area (Å²) >= 11 is 1.39. The van der Waals surface area contributed by atoms with Crippen LogP contribution in [0.2, 0.25) is 0 Å². The van der Waals surface area contributed by atoms with Crippen molar-refractivity contribution in [3.05, 3.63) is 5.01 Å². The zero-order valence-corrected chi connectivity index (χ0v) is 17.7. The predicted molar refractivity (Wildman–Crippen MR) is 108 cm³/mol. The quantitative estimate of drug-likeness (QED) is 0.737. The second kappa shape index (κ2) is 8.25. The molecule has 0 saturated heterocycles. The number of hydrogen-bond donors (Lipinski definition) is 2. The van der Waals surface area contributed by atoms with E-state index in [0.717, 1.165) is 23.3 Å². The van der Waals surface area contributed by atoms with Crippen molar-refractivity contribution >= 4 is 28.3 Å². The van der Waals surface area contributed by atoms with Gasteiger partial charge in [0, 0.05) is 11.8 Å². The van der Waals surface area contributed by atoms with E-state index in [-0.39, 0.29) is 17.2 Å². The van der Waals surface area contributed by atoms with Crippen LogP contribution >= 0.6 is 11.3 Å². The molecule has 2 amide bonds. The highest BCUT2D eigenvalue weighted by molar-refractivity contribution is 7.15. The van der Waals surface area contributed by atoms with Crippen LogP contribution in [0.1, 0.15) is 77.6 Å². The Labute approximate surface area is 165 Å². The van der Waals surface area contributed by atoms with Gasteiger partial charge in [-0.05, 0) is 43.4 Å². The monoisotopic (exact) mass is 392 g/mol. The lowest BCUT2D eigenvalue weighted by Gasteiger charge is -2.23. The van der Waals surface area contributed by atoms with Crippen LogP contribution in [-0.4, -0.2) is 28.1 Å². The van der Waals surface area contributed by atoms with Crippen molar-refractivity contribution < 1.29 is 9.59 Å². The largest absolute Gasteiger partial charge is 0.344 e. The molecule has 2 aliphatic carbocycles. The van der Waals surface area contributed by atoms with Gasteiger partial charge in [0.15, 0.2) is 0 Å². The Kier molecular flexibility index (Phi) is 6.18. The molecule has 0 spiro atoms. The van der Waals surface area contributed by atoms with Crippen LogP contribution in [0.15, 0.2) is 0 Å². The first-order valence-corrected chi connectivity index (χ1v) is 11.0. The molecule has 2 saturated carbocycles. The molecule has 0 radical (unpaired) electrons. The molecule has 2 aliphatic rings. The van der Waals surface area contributed by atoms with E-state index in [0.29, 0.717) is 23.9 Å². The minimum atomic E-state index is -0.511. The first-order chi connectivity index (χ1) is 12.8. The fourth-order valence-electron chi connectivity index (χ4n) is 4.44. The molecule has 4 unspecified atom stereocenters. The Morgan fingerprint density at radius 2 is 2.00 bits per heavy atom. The highest BCUT2D eigenvalue weighted by Crippen LogP contribution is 2.49. The molecule has 2 N–H and O–H groups in total. The Morgan fingerprint density at radius 1 is 1.22 bits per heavy atom. The third-order valence-electron chi connectivity index (χ3n) is 5.86. The van der Waals surface area contributed by atoms with Gasteiger partial charge in [-0.3, -0.25) is 14.9 Å². The van der Waals surface area contributed by atoms with Gasteiger partial charge < -0.3 is 5.32 Å². The molecule has 2 bridgehead atoms. The first kappa shape index (κ1) is 20.2. The zero-order valence-electron chi connectivity index (χ0n) is 16.9. The fraction of sp³-hybridized carbons (Fsp3) is 0.800. The molecule has 2 fully saturated rings. The number of nitrogens with one attached hydrogen (secondary N) is 2. The van der Waals surface area contributed by atoms with Crippen molar-refractivity contribution in [1.29, 1.82) is 0 Å². The highest BCUT2D eigenvalue weighted by atomic mass is 32.1. The second-order valence-corrected chi connectivity index (χ2v) is 10.2. The number of nitrogens with zero attached hydrogens (tertiary/aromatic N) is 2. The molecule has 1 aromatic heterocycles. The lowest BCUT2D eigenvalue weighted by molar-refractivity contribution is -0.127. The van der Waals surface area contributed by atoms with Crippen molar-refractivity contribution in [1.82, 2.24) is 15.5 Å². The van der Waals surface area contributed by atoms with Crippen LogP contribution < -0.4 is 10.6 Å². The number of amides is 2. The van der Waals surface area contributed by atoms with Gasteiger partial charge in [0.05, 0.1) is 0 Å². The Hall–Kier alpha value is -1.50. The number of carbonyl (C=O) groups is 2. The highest BCUT2D eigenvalue weighted by Gasteiger charge is 2.40. The van der Waals surface area contributed by atoms with E-state index < -0.39 is 6.04 Å². The summed E-state index contributed by atoms with van der Waals surface area (Å²) in [6.45, 7) is 8.21. The maximum absolute atomic E-state index is 12.7. The second-order valence-electron chi connectivity index (χ2n) is 9.20. The van der Waals surface area contributed by atoms with Gasteiger partial charge in [-0.1, -0.05) is 51.9 Å².